The van der Waals surface area contributed by atoms with E-state index in [1.165, 1.54) is 28.4 Å². The first-order chi connectivity index (χ1) is 11.7. The quantitative estimate of drug-likeness (QED) is 0.418. The first-order valence-corrected chi connectivity index (χ1v) is 9.01. The van der Waals surface area contributed by atoms with Crippen LogP contribution in [0.25, 0.3) is 21.8 Å². The van der Waals surface area contributed by atoms with Gasteiger partial charge in [0.25, 0.3) is 0 Å². The van der Waals surface area contributed by atoms with Crippen molar-refractivity contribution in [1.82, 2.24) is 14.5 Å². The first-order valence-electron chi connectivity index (χ1n) is 7.84. The Balaban J connectivity index is 1.95. The molecule has 0 aliphatic heterocycles. The Morgan fingerprint density at radius 2 is 1.88 bits per heavy atom. The molecule has 0 saturated heterocycles. The number of hydrogen-bond acceptors (Lipinski definition) is 2. The van der Waals surface area contributed by atoms with E-state index in [-0.39, 0.29) is 0 Å². The van der Waals surface area contributed by atoms with Gasteiger partial charge in [0.2, 0.25) is 0 Å². The Hall–Kier alpha value is -1.91. The molecule has 0 N–H and O–H groups in total. The molecule has 0 amide bonds. The van der Waals surface area contributed by atoms with E-state index in [1.807, 2.05) is 0 Å². The van der Waals surface area contributed by atoms with Gasteiger partial charge < -0.3 is 4.57 Å². The van der Waals surface area contributed by atoms with Crippen LogP contribution in [0, 0.1) is 0 Å². The maximum absolute atomic E-state index is 6.31. The molecule has 2 aromatic heterocycles. The zero-order chi connectivity index (χ0) is 16.7. The van der Waals surface area contributed by atoms with E-state index in [0.29, 0.717) is 5.15 Å². The van der Waals surface area contributed by atoms with Crippen molar-refractivity contribution in [1.29, 1.82) is 0 Å². The molecular weight excluding hydrogens is 386 g/mol. The number of nitrogens with zero attached hydrogens (tertiary/aromatic N) is 3. The summed E-state index contributed by atoms with van der Waals surface area (Å²) in [6, 6.07) is 14.9. The van der Waals surface area contributed by atoms with E-state index in [4.69, 9.17) is 11.6 Å². The van der Waals surface area contributed by atoms with E-state index < -0.39 is 0 Å². The Morgan fingerprint density at radius 1 is 1.08 bits per heavy atom. The molecule has 0 fully saturated rings. The minimum Gasteiger partial charge on any atom is -0.324 e. The largest absolute Gasteiger partial charge is 0.324 e. The molecule has 0 bridgehead atoms. The van der Waals surface area contributed by atoms with E-state index in [9.17, 15) is 0 Å². The van der Waals surface area contributed by atoms with Crippen LogP contribution in [-0.2, 0) is 13.0 Å². The van der Waals surface area contributed by atoms with Crippen molar-refractivity contribution in [3.05, 3.63) is 69.7 Å². The highest BCUT2D eigenvalue weighted by Crippen LogP contribution is 2.35. The molecule has 0 atom stereocenters. The molecule has 3 nitrogen and oxygen atoms in total. The topological polar surface area (TPSA) is 30.7 Å². The predicted octanol–water partition coefficient (Wildman–Crippen LogP) is 5.61. The molecular formula is C19H15BrClN3. The average Bonchev–Trinajstić information content (AvgIpc) is 2.88. The molecule has 0 saturated carbocycles. The molecule has 24 heavy (non-hydrogen) atoms. The molecule has 2 aromatic carbocycles. The van der Waals surface area contributed by atoms with Gasteiger partial charge in [-0.3, -0.25) is 0 Å². The highest BCUT2D eigenvalue weighted by atomic mass is 79.9. The number of hydrogen-bond donors (Lipinski definition) is 0. The molecule has 4 aromatic rings. The van der Waals surface area contributed by atoms with Crippen LogP contribution in [0.1, 0.15) is 18.2 Å². The smallest absolute Gasteiger partial charge is 0.146 e. The third-order valence-electron chi connectivity index (χ3n) is 4.38. The Morgan fingerprint density at radius 3 is 2.71 bits per heavy atom. The monoisotopic (exact) mass is 399 g/mol. The summed E-state index contributed by atoms with van der Waals surface area (Å²) in [6.07, 6.45) is 2.41. The fourth-order valence-electron chi connectivity index (χ4n) is 3.26. The van der Waals surface area contributed by atoms with Gasteiger partial charge in [-0.15, -0.1) is 0 Å². The number of aromatic nitrogens is 3. The molecule has 4 rings (SSSR count). The second-order valence-electron chi connectivity index (χ2n) is 5.70. The standard InChI is InChI=1S/C19H15BrClN3/c1-2-15-17(20)16-18(21)22-11-23-19(16)24(15)10-13-8-5-7-12-6-3-4-9-14(12)13/h3-9,11H,2,10H2,1H3. The molecule has 2 heterocycles. The highest BCUT2D eigenvalue weighted by molar-refractivity contribution is 9.10. The van der Waals surface area contributed by atoms with Crippen LogP contribution >= 0.6 is 27.5 Å². The number of rotatable bonds is 3. The number of benzene rings is 2. The number of halogens is 2. The van der Waals surface area contributed by atoms with Crippen molar-refractivity contribution < 1.29 is 0 Å². The zero-order valence-corrected chi connectivity index (χ0v) is 15.5. The summed E-state index contributed by atoms with van der Waals surface area (Å²) in [5.74, 6) is 0. The molecule has 0 unspecified atom stereocenters. The lowest BCUT2D eigenvalue weighted by molar-refractivity contribution is 0.768. The molecule has 0 aliphatic carbocycles. The Labute approximate surface area is 153 Å². The Bertz CT molecular complexity index is 1050. The van der Waals surface area contributed by atoms with Crippen LogP contribution in [0.4, 0.5) is 0 Å². The number of fused-ring (bicyclic) bond motifs is 2. The van der Waals surface area contributed by atoms with Gasteiger partial charge in [0.15, 0.2) is 0 Å². The summed E-state index contributed by atoms with van der Waals surface area (Å²) < 4.78 is 3.22. The molecule has 120 valence electrons. The lowest BCUT2D eigenvalue weighted by Gasteiger charge is -2.12. The minimum absolute atomic E-state index is 0.484. The van der Waals surface area contributed by atoms with Crippen molar-refractivity contribution in [2.45, 2.75) is 19.9 Å². The maximum Gasteiger partial charge on any atom is 0.146 e. The van der Waals surface area contributed by atoms with Crippen LogP contribution in [0.15, 0.2) is 53.3 Å². The van der Waals surface area contributed by atoms with Crippen LogP contribution in [-0.4, -0.2) is 14.5 Å². The van der Waals surface area contributed by atoms with Gasteiger partial charge in [-0.25, -0.2) is 9.97 Å². The van der Waals surface area contributed by atoms with Crippen molar-refractivity contribution in [2.24, 2.45) is 0 Å². The van der Waals surface area contributed by atoms with Crippen molar-refractivity contribution >= 4 is 49.3 Å². The van der Waals surface area contributed by atoms with Gasteiger partial charge in [0.05, 0.1) is 9.86 Å². The van der Waals surface area contributed by atoms with Crippen molar-refractivity contribution in [3.8, 4) is 0 Å². The van der Waals surface area contributed by atoms with Crippen LogP contribution < -0.4 is 0 Å². The van der Waals surface area contributed by atoms with Crippen LogP contribution in [0.3, 0.4) is 0 Å². The summed E-state index contributed by atoms with van der Waals surface area (Å²) in [4.78, 5) is 8.61. The van der Waals surface area contributed by atoms with Gasteiger partial charge in [0.1, 0.15) is 17.1 Å². The van der Waals surface area contributed by atoms with Crippen LogP contribution in [0.5, 0.6) is 0 Å². The van der Waals surface area contributed by atoms with Gasteiger partial charge in [-0.05, 0) is 38.7 Å². The summed E-state index contributed by atoms with van der Waals surface area (Å²) in [5, 5.41) is 3.88. The molecule has 0 aliphatic rings. The summed E-state index contributed by atoms with van der Waals surface area (Å²) >= 11 is 10.00. The van der Waals surface area contributed by atoms with E-state index in [0.717, 1.165) is 28.5 Å². The van der Waals surface area contributed by atoms with Gasteiger partial charge in [0, 0.05) is 12.2 Å². The second-order valence-corrected chi connectivity index (χ2v) is 6.85. The molecule has 0 radical (unpaired) electrons. The predicted molar refractivity (Wildman–Crippen MR) is 103 cm³/mol. The summed E-state index contributed by atoms with van der Waals surface area (Å²) in [5.41, 5.74) is 3.31. The first kappa shape index (κ1) is 15.6. The highest BCUT2D eigenvalue weighted by Gasteiger charge is 2.18. The third kappa shape index (κ3) is 2.41. The lowest BCUT2D eigenvalue weighted by Crippen LogP contribution is -2.05. The van der Waals surface area contributed by atoms with Gasteiger partial charge in [-0.1, -0.05) is 61.0 Å². The lowest BCUT2D eigenvalue weighted by atomic mass is 10.0. The fraction of sp³-hybridized carbons (Fsp3) is 0.158. The maximum atomic E-state index is 6.31. The van der Waals surface area contributed by atoms with Gasteiger partial charge >= 0.3 is 0 Å². The minimum atomic E-state index is 0.484. The SMILES string of the molecule is CCc1c(Br)c2c(Cl)ncnc2n1Cc1cccc2ccccc12. The average molecular weight is 401 g/mol. The van der Waals surface area contributed by atoms with Crippen molar-refractivity contribution in [3.63, 3.8) is 0 Å². The molecule has 5 heteroatoms. The second kappa shape index (κ2) is 6.19. The van der Waals surface area contributed by atoms with E-state index >= 15 is 0 Å². The normalized spacial score (nSPS) is 11.5. The zero-order valence-electron chi connectivity index (χ0n) is 13.1. The summed E-state index contributed by atoms with van der Waals surface area (Å²) in [6.45, 7) is 2.89. The Kier molecular flexibility index (Phi) is 4.02. The van der Waals surface area contributed by atoms with E-state index in [2.05, 4.69) is 79.9 Å². The molecule has 0 spiro atoms. The van der Waals surface area contributed by atoms with Gasteiger partial charge in [-0.2, -0.15) is 0 Å². The fourth-order valence-corrected chi connectivity index (χ4v) is 4.45. The van der Waals surface area contributed by atoms with E-state index in [1.54, 1.807) is 0 Å². The van der Waals surface area contributed by atoms with Crippen LogP contribution in [0.2, 0.25) is 5.15 Å². The van der Waals surface area contributed by atoms with Crippen molar-refractivity contribution in [2.75, 3.05) is 0 Å². The summed E-state index contributed by atoms with van der Waals surface area (Å²) in [7, 11) is 0. The third-order valence-corrected chi connectivity index (χ3v) is 5.52.